The van der Waals surface area contributed by atoms with Gasteiger partial charge in [-0.25, -0.2) is 4.98 Å². The van der Waals surface area contributed by atoms with Crippen molar-refractivity contribution >= 4 is 17.7 Å². The third kappa shape index (κ3) is 5.64. The summed E-state index contributed by atoms with van der Waals surface area (Å²) in [4.78, 5) is 17.3. The Morgan fingerprint density at radius 3 is 2.14 bits per heavy atom. The second kappa shape index (κ2) is 10.7. The molecule has 1 atom stereocenters. The van der Waals surface area contributed by atoms with Crippen LogP contribution in [0.1, 0.15) is 33.1 Å². The second-order valence-corrected chi connectivity index (χ2v) is 7.85. The topological polar surface area (TPSA) is 67.8 Å². The zero-order valence-corrected chi connectivity index (χ0v) is 17.7. The Morgan fingerprint density at radius 1 is 0.931 bits per heavy atom. The van der Waals surface area contributed by atoms with Gasteiger partial charge in [-0.3, -0.25) is 4.79 Å². The van der Waals surface area contributed by atoms with Crippen molar-refractivity contribution in [2.75, 3.05) is 6.54 Å². The van der Waals surface area contributed by atoms with Crippen molar-refractivity contribution in [2.45, 2.75) is 43.5 Å². The number of nitrogens with zero attached hydrogens (tertiary/aromatic N) is 3. The molecular formula is C23H26N4OS. The van der Waals surface area contributed by atoms with Gasteiger partial charge >= 0.3 is 0 Å². The first kappa shape index (κ1) is 21.0. The molecule has 29 heavy (non-hydrogen) atoms. The predicted molar refractivity (Wildman–Crippen MR) is 119 cm³/mol. The summed E-state index contributed by atoms with van der Waals surface area (Å²) in [7, 11) is 0. The molecule has 0 saturated carbocycles. The van der Waals surface area contributed by atoms with E-state index < -0.39 is 0 Å². The highest BCUT2D eigenvalue weighted by molar-refractivity contribution is 8.00. The van der Waals surface area contributed by atoms with E-state index in [9.17, 15) is 4.79 Å². The van der Waals surface area contributed by atoms with Gasteiger partial charge in [-0.2, -0.15) is 0 Å². The number of unbranched alkanes of at least 4 members (excludes halogenated alkanes) is 1. The number of hydrogen-bond acceptors (Lipinski definition) is 5. The van der Waals surface area contributed by atoms with Crippen LogP contribution in [0.4, 0.5) is 0 Å². The molecule has 2 aromatic carbocycles. The van der Waals surface area contributed by atoms with Crippen LogP contribution < -0.4 is 5.32 Å². The molecule has 0 aliphatic rings. The van der Waals surface area contributed by atoms with Gasteiger partial charge in [0.05, 0.1) is 5.25 Å². The van der Waals surface area contributed by atoms with Gasteiger partial charge in [-0.1, -0.05) is 92.7 Å². The van der Waals surface area contributed by atoms with Crippen LogP contribution in [0.25, 0.3) is 22.5 Å². The van der Waals surface area contributed by atoms with Crippen LogP contribution >= 0.6 is 11.8 Å². The Balaban J connectivity index is 1.90. The van der Waals surface area contributed by atoms with Crippen molar-refractivity contribution in [1.29, 1.82) is 0 Å². The van der Waals surface area contributed by atoms with Crippen molar-refractivity contribution in [3.8, 4) is 22.5 Å². The summed E-state index contributed by atoms with van der Waals surface area (Å²) >= 11 is 1.37. The molecular weight excluding hydrogens is 380 g/mol. The van der Waals surface area contributed by atoms with Gasteiger partial charge in [-0.05, 0) is 12.8 Å². The number of hydrogen-bond donors (Lipinski definition) is 1. The maximum Gasteiger partial charge on any atom is 0.233 e. The zero-order chi connectivity index (χ0) is 20.5. The highest BCUT2D eigenvalue weighted by Gasteiger charge is 2.21. The fourth-order valence-electron chi connectivity index (χ4n) is 2.90. The molecule has 0 radical (unpaired) electrons. The first-order valence-corrected chi connectivity index (χ1v) is 10.9. The van der Waals surface area contributed by atoms with Crippen LogP contribution in [-0.4, -0.2) is 32.9 Å². The Hall–Kier alpha value is -2.73. The fraction of sp³-hybridized carbons (Fsp3) is 0.304. The molecule has 6 heteroatoms. The van der Waals surface area contributed by atoms with E-state index in [0.29, 0.717) is 18.1 Å². The largest absolute Gasteiger partial charge is 0.355 e. The molecule has 1 N–H and O–H groups in total. The number of benzene rings is 2. The van der Waals surface area contributed by atoms with Crippen LogP contribution in [0.5, 0.6) is 0 Å². The molecule has 0 bridgehead atoms. The SMILES string of the molecule is CCCCNC(=O)C(CC)Sc1nnc(-c2ccccc2)c(-c2ccccc2)n1. The Morgan fingerprint density at radius 2 is 1.55 bits per heavy atom. The van der Waals surface area contributed by atoms with Gasteiger partial charge in [0.25, 0.3) is 0 Å². The third-order valence-electron chi connectivity index (χ3n) is 4.50. The number of thioether (sulfide) groups is 1. The minimum atomic E-state index is -0.236. The molecule has 3 rings (SSSR count). The van der Waals surface area contributed by atoms with Crippen molar-refractivity contribution in [2.24, 2.45) is 0 Å². The number of aromatic nitrogens is 3. The predicted octanol–water partition coefficient (Wildman–Crippen LogP) is 4.99. The Bertz CT molecular complexity index is 919. The van der Waals surface area contributed by atoms with E-state index in [0.717, 1.165) is 35.4 Å². The normalized spacial score (nSPS) is 11.8. The summed E-state index contributed by atoms with van der Waals surface area (Å²) in [5.74, 6) is 0.0305. The summed E-state index contributed by atoms with van der Waals surface area (Å²) in [6.45, 7) is 4.81. The molecule has 0 fully saturated rings. The van der Waals surface area contributed by atoms with E-state index in [1.807, 2.05) is 67.6 Å². The molecule has 0 aliphatic heterocycles. The van der Waals surface area contributed by atoms with Crippen LogP contribution in [0.2, 0.25) is 0 Å². The standard InChI is InChI=1S/C23H26N4OS/c1-3-5-16-24-22(28)19(4-2)29-23-25-20(17-12-8-6-9-13-17)21(26-27-23)18-14-10-7-11-15-18/h6-15,19H,3-5,16H2,1-2H3,(H,24,28). The lowest BCUT2D eigenvalue weighted by atomic mass is 10.0. The summed E-state index contributed by atoms with van der Waals surface area (Å²) in [6, 6.07) is 19.9. The monoisotopic (exact) mass is 406 g/mol. The van der Waals surface area contributed by atoms with Crippen molar-refractivity contribution in [3.05, 3.63) is 60.7 Å². The van der Waals surface area contributed by atoms with Gasteiger partial charge in [-0.15, -0.1) is 10.2 Å². The van der Waals surface area contributed by atoms with Gasteiger partial charge in [0.1, 0.15) is 11.4 Å². The first-order chi connectivity index (χ1) is 14.2. The molecule has 3 aromatic rings. The molecule has 1 heterocycles. The van der Waals surface area contributed by atoms with Crippen LogP contribution in [0, 0.1) is 0 Å². The second-order valence-electron chi connectivity index (χ2n) is 6.68. The Labute approximate surface area is 176 Å². The quantitative estimate of drug-likeness (QED) is 0.400. The summed E-state index contributed by atoms with van der Waals surface area (Å²) in [6.07, 6.45) is 2.74. The lowest BCUT2D eigenvalue weighted by Crippen LogP contribution is -2.33. The van der Waals surface area contributed by atoms with E-state index in [-0.39, 0.29) is 11.2 Å². The number of carbonyl (C=O) groups is 1. The maximum absolute atomic E-state index is 12.5. The number of amides is 1. The maximum atomic E-state index is 12.5. The molecule has 0 spiro atoms. The van der Waals surface area contributed by atoms with Crippen molar-refractivity contribution in [1.82, 2.24) is 20.5 Å². The van der Waals surface area contributed by atoms with Crippen molar-refractivity contribution < 1.29 is 4.79 Å². The molecule has 1 aromatic heterocycles. The van der Waals surface area contributed by atoms with Gasteiger partial charge in [0.15, 0.2) is 0 Å². The highest BCUT2D eigenvalue weighted by Crippen LogP contribution is 2.31. The smallest absolute Gasteiger partial charge is 0.233 e. The highest BCUT2D eigenvalue weighted by atomic mass is 32.2. The van der Waals surface area contributed by atoms with Gasteiger partial charge < -0.3 is 5.32 Å². The molecule has 1 unspecified atom stereocenters. The fourth-order valence-corrected chi connectivity index (χ4v) is 3.74. The molecule has 5 nitrogen and oxygen atoms in total. The van der Waals surface area contributed by atoms with Crippen LogP contribution in [0.3, 0.4) is 0 Å². The van der Waals surface area contributed by atoms with E-state index in [4.69, 9.17) is 4.98 Å². The van der Waals surface area contributed by atoms with Gasteiger partial charge in [0, 0.05) is 17.7 Å². The number of nitrogens with one attached hydrogen (secondary N) is 1. The van der Waals surface area contributed by atoms with E-state index in [2.05, 4.69) is 22.4 Å². The average molecular weight is 407 g/mol. The number of rotatable bonds is 9. The van der Waals surface area contributed by atoms with E-state index in [1.165, 1.54) is 11.8 Å². The first-order valence-electron chi connectivity index (χ1n) is 10.0. The minimum Gasteiger partial charge on any atom is -0.355 e. The number of carbonyl (C=O) groups excluding carboxylic acids is 1. The molecule has 0 aliphatic carbocycles. The molecule has 150 valence electrons. The molecule has 0 saturated heterocycles. The third-order valence-corrected chi connectivity index (χ3v) is 5.72. The van der Waals surface area contributed by atoms with E-state index >= 15 is 0 Å². The summed E-state index contributed by atoms with van der Waals surface area (Å²) in [5.41, 5.74) is 3.45. The van der Waals surface area contributed by atoms with Crippen LogP contribution in [0.15, 0.2) is 65.8 Å². The lowest BCUT2D eigenvalue weighted by molar-refractivity contribution is -0.120. The average Bonchev–Trinajstić information content (AvgIpc) is 2.78. The summed E-state index contributed by atoms with van der Waals surface area (Å²) < 4.78 is 0. The zero-order valence-electron chi connectivity index (χ0n) is 16.8. The lowest BCUT2D eigenvalue weighted by Gasteiger charge is -2.14. The van der Waals surface area contributed by atoms with Gasteiger partial charge in [0.2, 0.25) is 11.1 Å². The van der Waals surface area contributed by atoms with Crippen molar-refractivity contribution in [3.63, 3.8) is 0 Å². The molecule has 1 amide bonds. The Kier molecular flexibility index (Phi) is 7.76. The van der Waals surface area contributed by atoms with E-state index in [1.54, 1.807) is 0 Å². The van der Waals surface area contributed by atoms with Crippen LogP contribution in [-0.2, 0) is 4.79 Å². The summed E-state index contributed by atoms with van der Waals surface area (Å²) in [5, 5.41) is 12.1. The minimum absolute atomic E-state index is 0.0305.